The van der Waals surface area contributed by atoms with E-state index in [2.05, 4.69) is 20.8 Å². The second-order valence-corrected chi connectivity index (χ2v) is 7.19. The van der Waals surface area contributed by atoms with Crippen LogP contribution in [0.1, 0.15) is 49.2 Å². The van der Waals surface area contributed by atoms with Gasteiger partial charge in [0.05, 0.1) is 23.7 Å². The summed E-state index contributed by atoms with van der Waals surface area (Å²) in [5, 5.41) is 24.8. The fourth-order valence-electron chi connectivity index (χ4n) is 3.03. The number of benzene rings is 1. The molecule has 0 bridgehead atoms. The van der Waals surface area contributed by atoms with Crippen LogP contribution in [0.2, 0.25) is 0 Å². The second kappa shape index (κ2) is 8.96. The van der Waals surface area contributed by atoms with E-state index in [4.69, 9.17) is 0 Å². The third-order valence-electron chi connectivity index (χ3n) is 4.37. The summed E-state index contributed by atoms with van der Waals surface area (Å²) in [6.45, 7) is 0.212. The summed E-state index contributed by atoms with van der Waals surface area (Å²) in [5.41, 5.74) is 0.797. The number of carbonyl (C=O) groups is 1. The Balaban J connectivity index is 1.39. The van der Waals surface area contributed by atoms with Crippen molar-refractivity contribution in [3.8, 4) is 0 Å². The third kappa shape index (κ3) is 5.02. The van der Waals surface area contributed by atoms with E-state index in [9.17, 15) is 9.90 Å². The molecule has 25 heavy (non-hydrogen) atoms. The Morgan fingerprint density at radius 2 is 2.08 bits per heavy atom. The summed E-state index contributed by atoms with van der Waals surface area (Å²) in [4.78, 5) is 11.9. The summed E-state index contributed by atoms with van der Waals surface area (Å²) in [7, 11) is 0. The lowest BCUT2D eigenvalue weighted by Gasteiger charge is -2.12. The molecule has 1 atom stereocenters. The Morgan fingerprint density at radius 3 is 2.84 bits per heavy atom. The van der Waals surface area contributed by atoms with Gasteiger partial charge in [-0.3, -0.25) is 4.79 Å². The van der Waals surface area contributed by atoms with Crippen LogP contribution in [-0.2, 0) is 10.5 Å². The molecule has 7 nitrogen and oxygen atoms in total. The fraction of sp³-hybridized carbons (Fsp3) is 0.529. The minimum atomic E-state index is -0.690. The van der Waals surface area contributed by atoms with Gasteiger partial charge < -0.3 is 10.4 Å². The number of aromatic nitrogens is 4. The molecule has 1 saturated carbocycles. The number of aliphatic hydroxyl groups is 1. The van der Waals surface area contributed by atoms with Gasteiger partial charge in [-0.1, -0.05) is 43.2 Å². The normalized spacial score (nSPS) is 16.0. The van der Waals surface area contributed by atoms with E-state index in [1.54, 1.807) is 0 Å². The molecular weight excluding hydrogens is 338 g/mol. The quantitative estimate of drug-likeness (QED) is 0.746. The molecular formula is C17H23N5O2S. The Bertz CT molecular complexity index is 673. The van der Waals surface area contributed by atoms with Gasteiger partial charge in [0.15, 0.2) is 5.82 Å². The van der Waals surface area contributed by atoms with E-state index >= 15 is 0 Å². The minimum Gasteiger partial charge on any atom is -0.387 e. The summed E-state index contributed by atoms with van der Waals surface area (Å²) in [6, 6.07) is 9.71. The maximum absolute atomic E-state index is 11.9. The smallest absolute Gasteiger partial charge is 0.230 e. The van der Waals surface area contributed by atoms with E-state index < -0.39 is 6.10 Å². The van der Waals surface area contributed by atoms with Crippen molar-refractivity contribution in [3.05, 3.63) is 41.7 Å². The van der Waals surface area contributed by atoms with Crippen molar-refractivity contribution in [2.24, 2.45) is 0 Å². The summed E-state index contributed by atoms with van der Waals surface area (Å²) >= 11 is 1.48. The zero-order valence-electron chi connectivity index (χ0n) is 14.0. The van der Waals surface area contributed by atoms with Crippen LogP contribution in [0.25, 0.3) is 0 Å². The van der Waals surface area contributed by atoms with Gasteiger partial charge in [-0.25, -0.2) is 4.68 Å². The molecule has 1 aliphatic rings. The highest BCUT2D eigenvalue weighted by molar-refractivity contribution is 7.99. The number of aliphatic hydroxyl groups excluding tert-OH is 1. The van der Waals surface area contributed by atoms with Gasteiger partial charge in [0.25, 0.3) is 0 Å². The van der Waals surface area contributed by atoms with Gasteiger partial charge in [0.1, 0.15) is 0 Å². The molecule has 1 amide bonds. The first kappa shape index (κ1) is 17.9. The maximum atomic E-state index is 11.9. The molecule has 1 aliphatic carbocycles. The highest BCUT2D eigenvalue weighted by atomic mass is 32.2. The highest BCUT2D eigenvalue weighted by Crippen LogP contribution is 2.29. The third-order valence-corrected chi connectivity index (χ3v) is 5.30. The van der Waals surface area contributed by atoms with Crippen LogP contribution >= 0.6 is 11.8 Å². The van der Waals surface area contributed by atoms with E-state index in [-0.39, 0.29) is 12.5 Å². The molecule has 0 spiro atoms. The average Bonchev–Trinajstić information content (AvgIpc) is 3.31. The van der Waals surface area contributed by atoms with Crippen molar-refractivity contribution >= 4 is 17.7 Å². The van der Waals surface area contributed by atoms with Gasteiger partial charge >= 0.3 is 0 Å². The Labute approximate surface area is 151 Å². The molecule has 8 heteroatoms. The van der Waals surface area contributed by atoms with Crippen molar-refractivity contribution in [2.75, 3.05) is 12.3 Å². The van der Waals surface area contributed by atoms with Crippen LogP contribution in [-0.4, -0.2) is 43.5 Å². The van der Waals surface area contributed by atoms with Crippen LogP contribution < -0.4 is 5.32 Å². The van der Waals surface area contributed by atoms with Crippen LogP contribution in [0.15, 0.2) is 30.3 Å². The molecule has 1 heterocycles. The average molecular weight is 361 g/mol. The van der Waals surface area contributed by atoms with Crippen LogP contribution in [0.4, 0.5) is 0 Å². The van der Waals surface area contributed by atoms with E-state index in [1.807, 2.05) is 35.0 Å². The summed E-state index contributed by atoms with van der Waals surface area (Å²) < 4.78 is 1.91. The van der Waals surface area contributed by atoms with Crippen LogP contribution in [0, 0.1) is 0 Å². The van der Waals surface area contributed by atoms with Crippen molar-refractivity contribution in [2.45, 2.75) is 43.6 Å². The van der Waals surface area contributed by atoms with Gasteiger partial charge in [-0.15, -0.1) is 16.9 Å². The van der Waals surface area contributed by atoms with Crippen LogP contribution in [0.3, 0.4) is 0 Å². The molecule has 2 aromatic rings. The van der Waals surface area contributed by atoms with Gasteiger partial charge in [0, 0.05) is 6.54 Å². The second-order valence-electron chi connectivity index (χ2n) is 6.20. The molecule has 134 valence electrons. The number of nitrogens with one attached hydrogen (secondary N) is 1. The number of amides is 1. The lowest BCUT2D eigenvalue weighted by Crippen LogP contribution is -2.29. The Kier molecular flexibility index (Phi) is 6.41. The summed E-state index contributed by atoms with van der Waals surface area (Å²) in [5.74, 6) is 1.66. The van der Waals surface area contributed by atoms with Crippen LogP contribution in [0.5, 0.6) is 0 Å². The number of hydrogen-bond acceptors (Lipinski definition) is 6. The molecule has 1 unspecified atom stereocenters. The number of tetrazole rings is 1. The zero-order chi connectivity index (χ0) is 17.5. The van der Waals surface area contributed by atoms with E-state index in [0.29, 0.717) is 17.5 Å². The first-order valence-electron chi connectivity index (χ1n) is 8.58. The van der Waals surface area contributed by atoms with Gasteiger partial charge in [0.2, 0.25) is 5.91 Å². The van der Waals surface area contributed by atoms with Gasteiger partial charge in [-0.2, -0.15) is 0 Å². The predicted octanol–water partition coefficient (Wildman–Crippen LogP) is 1.87. The number of carbonyl (C=O) groups excluding carboxylic acids is 1. The number of thioether (sulfide) groups is 1. The SMILES string of the molecule is O=C(CSCc1nnnn1C1CCCC1)NCC(O)c1ccccc1. The van der Waals surface area contributed by atoms with Crippen molar-refractivity contribution in [3.63, 3.8) is 0 Å². The Hall–Kier alpha value is -1.93. The first-order chi connectivity index (χ1) is 12.2. The highest BCUT2D eigenvalue weighted by Gasteiger charge is 2.21. The molecule has 0 aliphatic heterocycles. The lowest BCUT2D eigenvalue weighted by atomic mass is 10.1. The molecule has 1 aromatic carbocycles. The number of nitrogens with zero attached hydrogens (tertiary/aromatic N) is 4. The predicted molar refractivity (Wildman–Crippen MR) is 95.9 cm³/mol. The van der Waals surface area contributed by atoms with E-state index in [1.165, 1.54) is 24.6 Å². The Morgan fingerprint density at radius 1 is 1.32 bits per heavy atom. The zero-order valence-corrected chi connectivity index (χ0v) is 14.9. The monoisotopic (exact) mass is 361 g/mol. The molecule has 1 aromatic heterocycles. The van der Waals surface area contributed by atoms with Gasteiger partial charge in [-0.05, 0) is 28.8 Å². The standard InChI is InChI=1S/C17H23N5O2S/c23-15(13-6-2-1-3-7-13)10-18-17(24)12-25-11-16-19-20-21-22(16)14-8-4-5-9-14/h1-3,6-7,14-15,23H,4-5,8-12H2,(H,18,24). The van der Waals surface area contributed by atoms with E-state index in [0.717, 1.165) is 24.2 Å². The largest absolute Gasteiger partial charge is 0.387 e. The lowest BCUT2D eigenvalue weighted by molar-refractivity contribution is -0.119. The number of rotatable bonds is 8. The van der Waals surface area contributed by atoms with Crippen molar-refractivity contribution < 1.29 is 9.90 Å². The maximum Gasteiger partial charge on any atom is 0.230 e. The topological polar surface area (TPSA) is 92.9 Å². The minimum absolute atomic E-state index is 0.0973. The molecule has 0 saturated heterocycles. The van der Waals surface area contributed by atoms with Crippen molar-refractivity contribution in [1.29, 1.82) is 0 Å². The van der Waals surface area contributed by atoms with Crippen molar-refractivity contribution in [1.82, 2.24) is 25.5 Å². The fourth-order valence-corrected chi connectivity index (χ4v) is 3.79. The molecule has 3 rings (SSSR count). The number of hydrogen-bond donors (Lipinski definition) is 2. The molecule has 1 fully saturated rings. The molecule has 2 N–H and O–H groups in total. The summed E-state index contributed by atoms with van der Waals surface area (Å²) in [6.07, 6.45) is 4.01. The molecule has 0 radical (unpaired) electrons. The first-order valence-corrected chi connectivity index (χ1v) is 9.73.